The van der Waals surface area contributed by atoms with Crippen molar-refractivity contribution in [1.82, 2.24) is 10.2 Å². The van der Waals surface area contributed by atoms with E-state index in [1.54, 1.807) is 37.4 Å². The summed E-state index contributed by atoms with van der Waals surface area (Å²) in [5.41, 5.74) is 2.18. The number of Topliss-reactive ketones (excluding diaryl/α,β-unsaturated/α-hetero) is 1. The molecule has 0 unspecified atom stereocenters. The van der Waals surface area contributed by atoms with Crippen LogP contribution in [0.1, 0.15) is 56.8 Å². The summed E-state index contributed by atoms with van der Waals surface area (Å²) in [5.74, 6) is 0.542. The van der Waals surface area contributed by atoms with Crippen molar-refractivity contribution in [2.75, 3.05) is 38.6 Å². The van der Waals surface area contributed by atoms with Gasteiger partial charge in [0.05, 0.1) is 7.11 Å². The van der Waals surface area contributed by atoms with Crippen LogP contribution in [0, 0.1) is 5.92 Å². The van der Waals surface area contributed by atoms with E-state index in [2.05, 4.69) is 15.5 Å². The standard InChI is InChI=1S/C31H33Cl2N3O4/c1-40-28-10-6-21(7-11-28)29(37)22-12-16-36(17-13-22)15-3-2-14-34-30(38)23-4-8-27(9-5-23)35-31(39)24-18-25(32)20-26(33)19-24/h4-11,18-20,22H,2-3,12-17H2,1H3,(H,34,38)(H,35,39). The third kappa shape index (κ3) is 8.31. The third-order valence-electron chi connectivity index (χ3n) is 7.05. The van der Waals surface area contributed by atoms with Crippen LogP contribution in [0.2, 0.25) is 10.0 Å². The van der Waals surface area contributed by atoms with E-state index in [1.807, 2.05) is 24.3 Å². The Morgan fingerprint density at radius 3 is 2.08 bits per heavy atom. The van der Waals surface area contributed by atoms with Crippen LogP contribution in [-0.2, 0) is 0 Å². The molecule has 2 amide bonds. The van der Waals surface area contributed by atoms with Crippen molar-refractivity contribution in [3.63, 3.8) is 0 Å². The topological polar surface area (TPSA) is 87.7 Å². The molecular formula is C31H33Cl2N3O4. The fourth-order valence-corrected chi connectivity index (χ4v) is 5.29. The Hall–Kier alpha value is -3.39. The lowest BCUT2D eigenvalue weighted by molar-refractivity contribution is 0.0839. The molecule has 0 aliphatic carbocycles. The first-order valence-electron chi connectivity index (χ1n) is 13.4. The van der Waals surface area contributed by atoms with Gasteiger partial charge in [0, 0.05) is 44.9 Å². The van der Waals surface area contributed by atoms with E-state index in [0.717, 1.165) is 56.6 Å². The number of carbonyl (C=O) groups is 3. The smallest absolute Gasteiger partial charge is 0.255 e. The van der Waals surface area contributed by atoms with E-state index >= 15 is 0 Å². The summed E-state index contributed by atoms with van der Waals surface area (Å²) < 4.78 is 5.17. The second-order valence-corrected chi connectivity index (χ2v) is 10.7. The van der Waals surface area contributed by atoms with Crippen molar-refractivity contribution in [2.45, 2.75) is 25.7 Å². The van der Waals surface area contributed by atoms with Gasteiger partial charge in [0.15, 0.2) is 5.78 Å². The van der Waals surface area contributed by atoms with E-state index in [-0.39, 0.29) is 23.5 Å². The zero-order chi connectivity index (χ0) is 28.5. The van der Waals surface area contributed by atoms with Gasteiger partial charge in [0.25, 0.3) is 11.8 Å². The molecule has 0 spiro atoms. The fraction of sp³-hybridized carbons (Fsp3) is 0.323. The van der Waals surface area contributed by atoms with Crippen molar-refractivity contribution in [3.05, 3.63) is 93.5 Å². The molecule has 1 fully saturated rings. The Kier molecular flexibility index (Phi) is 10.6. The molecule has 0 saturated carbocycles. The largest absolute Gasteiger partial charge is 0.497 e. The minimum Gasteiger partial charge on any atom is -0.497 e. The summed E-state index contributed by atoms with van der Waals surface area (Å²) in [5, 5.41) is 6.49. The number of nitrogens with zero attached hydrogens (tertiary/aromatic N) is 1. The zero-order valence-electron chi connectivity index (χ0n) is 22.4. The lowest BCUT2D eigenvalue weighted by Gasteiger charge is -2.31. The van der Waals surface area contributed by atoms with Gasteiger partial charge in [-0.2, -0.15) is 0 Å². The van der Waals surface area contributed by atoms with Crippen LogP contribution in [0.15, 0.2) is 66.7 Å². The first-order valence-corrected chi connectivity index (χ1v) is 14.1. The molecule has 0 radical (unpaired) electrons. The SMILES string of the molecule is COc1ccc(C(=O)C2CCN(CCCCNC(=O)c3ccc(NC(=O)c4cc(Cl)cc(Cl)c4)cc3)CC2)cc1. The first kappa shape index (κ1) is 29.6. The van der Waals surface area contributed by atoms with E-state index in [1.165, 1.54) is 12.1 Å². The predicted octanol–water partition coefficient (Wildman–Crippen LogP) is 6.36. The number of benzene rings is 3. The Labute approximate surface area is 244 Å². The first-order chi connectivity index (χ1) is 19.3. The highest BCUT2D eigenvalue weighted by atomic mass is 35.5. The molecular weight excluding hydrogens is 549 g/mol. The second kappa shape index (κ2) is 14.3. The van der Waals surface area contributed by atoms with E-state index < -0.39 is 0 Å². The normalized spacial score (nSPS) is 14.0. The molecule has 9 heteroatoms. The Morgan fingerprint density at radius 1 is 0.825 bits per heavy atom. The summed E-state index contributed by atoms with van der Waals surface area (Å²) in [6, 6.07) is 18.7. The second-order valence-electron chi connectivity index (χ2n) is 9.86. The summed E-state index contributed by atoms with van der Waals surface area (Å²) in [6.45, 7) is 3.35. The van der Waals surface area contributed by atoms with Crippen molar-refractivity contribution in [3.8, 4) is 5.75 Å². The van der Waals surface area contributed by atoms with E-state index in [9.17, 15) is 14.4 Å². The summed E-state index contributed by atoms with van der Waals surface area (Å²) >= 11 is 11.9. The number of likely N-dealkylation sites (tertiary alicyclic amines) is 1. The van der Waals surface area contributed by atoms with Crippen LogP contribution in [0.3, 0.4) is 0 Å². The molecule has 3 aromatic carbocycles. The molecule has 0 atom stereocenters. The monoisotopic (exact) mass is 581 g/mol. The lowest BCUT2D eigenvalue weighted by atomic mass is 9.89. The number of anilines is 1. The number of rotatable bonds is 11. The van der Waals surface area contributed by atoms with Gasteiger partial charge in [0.2, 0.25) is 0 Å². The molecule has 4 rings (SSSR count). The Balaban J connectivity index is 1.12. The van der Waals surface area contributed by atoms with E-state index in [4.69, 9.17) is 27.9 Å². The van der Waals surface area contributed by atoms with Gasteiger partial charge in [-0.15, -0.1) is 0 Å². The minimum absolute atomic E-state index is 0.0685. The van der Waals surface area contributed by atoms with Crippen LogP contribution < -0.4 is 15.4 Å². The molecule has 1 aliphatic rings. The van der Waals surface area contributed by atoms with Crippen LogP contribution in [-0.4, -0.2) is 55.8 Å². The Bertz CT molecular complexity index is 1300. The molecule has 3 aromatic rings. The van der Waals surface area contributed by atoms with E-state index in [0.29, 0.717) is 33.4 Å². The molecule has 1 saturated heterocycles. The maximum atomic E-state index is 12.8. The molecule has 210 valence electrons. The number of ketones is 1. The molecule has 7 nitrogen and oxygen atoms in total. The van der Waals surface area contributed by atoms with Crippen molar-refractivity contribution >= 4 is 46.5 Å². The van der Waals surface area contributed by atoms with Crippen molar-refractivity contribution < 1.29 is 19.1 Å². The van der Waals surface area contributed by atoms with Crippen LogP contribution in [0.4, 0.5) is 5.69 Å². The third-order valence-corrected chi connectivity index (χ3v) is 7.49. The van der Waals surface area contributed by atoms with Gasteiger partial charge in [-0.3, -0.25) is 14.4 Å². The average Bonchev–Trinajstić information content (AvgIpc) is 2.96. The van der Waals surface area contributed by atoms with Gasteiger partial charge in [0.1, 0.15) is 5.75 Å². The van der Waals surface area contributed by atoms with Gasteiger partial charge in [-0.1, -0.05) is 23.2 Å². The highest BCUT2D eigenvalue weighted by Gasteiger charge is 2.25. The van der Waals surface area contributed by atoms with Crippen LogP contribution >= 0.6 is 23.2 Å². The van der Waals surface area contributed by atoms with Crippen LogP contribution in [0.25, 0.3) is 0 Å². The molecule has 0 bridgehead atoms. The summed E-state index contributed by atoms with van der Waals surface area (Å²) in [4.78, 5) is 40.2. The van der Waals surface area contributed by atoms with Crippen LogP contribution in [0.5, 0.6) is 5.75 Å². The zero-order valence-corrected chi connectivity index (χ0v) is 23.9. The average molecular weight is 583 g/mol. The molecule has 40 heavy (non-hydrogen) atoms. The Morgan fingerprint density at radius 2 is 1.45 bits per heavy atom. The highest BCUT2D eigenvalue weighted by Crippen LogP contribution is 2.24. The number of methoxy groups -OCH3 is 1. The number of carbonyl (C=O) groups excluding carboxylic acids is 3. The van der Waals surface area contributed by atoms with Gasteiger partial charge in [-0.25, -0.2) is 0 Å². The molecule has 2 N–H and O–H groups in total. The maximum absolute atomic E-state index is 12.8. The number of piperidine rings is 1. The number of unbranched alkanes of at least 4 members (excludes halogenated alkanes) is 1. The van der Waals surface area contributed by atoms with Gasteiger partial charge >= 0.3 is 0 Å². The molecule has 1 aliphatic heterocycles. The summed E-state index contributed by atoms with van der Waals surface area (Å²) in [7, 11) is 1.62. The number of hydrogen-bond donors (Lipinski definition) is 2. The summed E-state index contributed by atoms with van der Waals surface area (Å²) in [6.07, 6.45) is 3.57. The molecule has 1 heterocycles. The maximum Gasteiger partial charge on any atom is 0.255 e. The van der Waals surface area contributed by atoms with Gasteiger partial charge < -0.3 is 20.3 Å². The molecule has 0 aromatic heterocycles. The number of halogens is 2. The quantitative estimate of drug-likeness (QED) is 0.203. The minimum atomic E-state index is -0.338. The predicted molar refractivity (Wildman–Crippen MR) is 159 cm³/mol. The highest BCUT2D eigenvalue weighted by molar-refractivity contribution is 6.35. The number of hydrogen-bond acceptors (Lipinski definition) is 5. The number of nitrogens with one attached hydrogen (secondary N) is 2. The number of amides is 2. The fourth-order valence-electron chi connectivity index (χ4n) is 4.77. The lowest BCUT2D eigenvalue weighted by Crippen LogP contribution is -2.37. The number of ether oxygens (including phenoxy) is 1. The van der Waals surface area contributed by atoms with Crippen molar-refractivity contribution in [2.24, 2.45) is 5.92 Å². The van der Waals surface area contributed by atoms with Crippen molar-refractivity contribution in [1.29, 1.82) is 0 Å². The van der Waals surface area contributed by atoms with Gasteiger partial charge in [-0.05, 0) is 112 Å².